The molecule has 0 bridgehead atoms. The van der Waals surface area contributed by atoms with Gasteiger partial charge in [-0.2, -0.15) is 0 Å². The molecule has 0 aliphatic heterocycles. The van der Waals surface area contributed by atoms with E-state index < -0.39 is 5.97 Å². The van der Waals surface area contributed by atoms with E-state index in [1.807, 2.05) is 0 Å². The summed E-state index contributed by atoms with van der Waals surface area (Å²) in [6.07, 6.45) is 11.2. The summed E-state index contributed by atoms with van der Waals surface area (Å²) in [5, 5.41) is 10.1. The topological polar surface area (TPSA) is 40.1 Å². The van der Waals surface area contributed by atoms with E-state index in [4.69, 9.17) is 0 Å². The molecule has 0 aliphatic rings. The van der Waals surface area contributed by atoms with Crippen LogP contribution >= 0.6 is 0 Å². The Labute approximate surface area is 116 Å². The monoisotopic (exact) mass is 222 g/mol. The van der Waals surface area contributed by atoms with Crippen LogP contribution in [0.3, 0.4) is 0 Å². The molecule has 0 saturated heterocycles. The number of hydrogen-bond acceptors (Lipinski definition) is 2. The van der Waals surface area contributed by atoms with Crippen LogP contribution in [0.15, 0.2) is 0 Å². The zero-order valence-corrected chi connectivity index (χ0v) is 12.4. The van der Waals surface area contributed by atoms with Crippen molar-refractivity contribution in [3.63, 3.8) is 0 Å². The number of aliphatic carboxylic acids is 1. The molecule has 3 heteroatoms. The summed E-state index contributed by atoms with van der Waals surface area (Å²) in [4.78, 5) is 10.1. The van der Waals surface area contributed by atoms with Gasteiger partial charge < -0.3 is 9.90 Å². The Morgan fingerprint density at radius 1 is 0.867 bits per heavy atom. The van der Waals surface area contributed by atoms with Crippen molar-refractivity contribution < 1.29 is 39.5 Å². The van der Waals surface area contributed by atoms with Gasteiger partial charge in [-0.15, -0.1) is 0 Å². The number of carboxylic acids is 1. The third kappa shape index (κ3) is 17.1. The first-order valence-electron chi connectivity index (χ1n) is 5.97. The maximum atomic E-state index is 10.1. The Kier molecular flexibility index (Phi) is 17.2. The summed E-state index contributed by atoms with van der Waals surface area (Å²) in [6, 6.07) is 0. The fraction of sp³-hybridized carbons (Fsp3) is 0.917. The molecule has 0 unspecified atom stereocenters. The van der Waals surface area contributed by atoms with Crippen LogP contribution in [0.2, 0.25) is 0 Å². The molecule has 0 fully saturated rings. The largest absolute Gasteiger partial charge is 1.00 e. The van der Waals surface area contributed by atoms with E-state index in [0.29, 0.717) is 0 Å². The molecule has 0 atom stereocenters. The maximum absolute atomic E-state index is 10.1. The minimum Gasteiger partial charge on any atom is -0.550 e. The van der Waals surface area contributed by atoms with Crippen LogP contribution in [0.1, 0.15) is 71.1 Å². The van der Waals surface area contributed by atoms with Gasteiger partial charge in [0.05, 0.1) is 0 Å². The third-order valence-electron chi connectivity index (χ3n) is 2.48. The molecule has 0 amide bonds. The van der Waals surface area contributed by atoms with Gasteiger partial charge in [0.1, 0.15) is 0 Å². The second kappa shape index (κ2) is 14.5. The molecule has 0 heterocycles. The molecular formula is C12H23NaO2. The number of carbonyl (C=O) groups excluding carboxylic acids is 1. The van der Waals surface area contributed by atoms with Crippen molar-refractivity contribution in [3.8, 4) is 0 Å². The Morgan fingerprint density at radius 3 is 1.67 bits per heavy atom. The molecule has 0 aromatic heterocycles. The van der Waals surface area contributed by atoms with Crippen molar-refractivity contribution in [2.75, 3.05) is 0 Å². The van der Waals surface area contributed by atoms with E-state index >= 15 is 0 Å². The van der Waals surface area contributed by atoms with E-state index in [9.17, 15) is 9.90 Å². The molecule has 0 aliphatic carbocycles. The van der Waals surface area contributed by atoms with Gasteiger partial charge in [0.15, 0.2) is 0 Å². The fourth-order valence-corrected chi connectivity index (χ4v) is 1.58. The molecule has 0 aromatic carbocycles. The molecule has 0 N–H and O–H groups in total. The molecular weight excluding hydrogens is 199 g/mol. The van der Waals surface area contributed by atoms with Crippen LogP contribution in [0.5, 0.6) is 0 Å². The molecule has 84 valence electrons. The number of rotatable bonds is 10. The van der Waals surface area contributed by atoms with E-state index in [2.05, 4.69) is 6.92 Å². The van der Waals surface area contributed by atoms with Crippen LogP contribution in [-0.4, -0.2) is 5.97 Å². The molecule has 0 aromatic rings. The Bertz CT molecular complexity index is 138. The van der Waals surface area contributed by atoms with E-state index in [0.717, 1.165) is 12.8 Å². The second-order valence-electron chi connectivity index (χ2n) is 3.95. The van der Waals surface area contributed by atoms with Gasteiger partial charge in [-0.05, 0) is 12.8 Å². The molecule has 0 saturated carbocycles. The van der Waals surface area contributed by atoms with Crippen molar-refractivity contribution in [2.45, 2.75) is 71.1 Å². The second-order valence-corrected chi connectivity index (χ2v) is 3.95. The summed E-state index contributed by atoms with van der Waals surface area (Å²) in [5.41, 5.74) is 0. The van der Waals surface area contributed by atoms with E-state index in [-0.39, 0.29) is 36.0 Å². The Hall–Kier alpha value is 0.470. The van der Waals surface area contributed by atoms with Crippen molar-refractivity contribution in [1.82, 2.24) is 0 Å². The van der Waals surface area contributed by atoms with E-state index in [1.54, 1.807) is 0 Å². The number of carbonyl (C=O) groups is 1. The van der Waals surface area contributed by atoms with Crippen LogP contribution in [0, 0.1) is 0 Å². The van der Waals surface area contributed by atoms with Gasteiger partial charge in [-0.1, -0.05) is 58.3 Å². The predicted molar refractivity (Wildman–Crippen MR) is 56.9 cm³/mol. The number of unbranched alkanes of at least 4 members (excludes halogenated alkanes) is 8. The summed E-state index contributed by atoms with van der Waals surface area (Å²) in [7, 11) is 0. The van der Waals surface area contributed by atoms with Gasteiger partial charge in [0.25, 0.3) is 0 Å². The average Bonchev–Trinajstić information content (AvgIpc) is 2.15. The van der Waals surface area contributed by atoms with Crippen LogP contribution in [-0.2, 0) is 4.79 Å². The van der Waals surface area contributed by atoms with E-state index in [1.165, 1.54) is 44.9 Å². The zero-order valence-electron chi connectivity index (χ0n) is 10.4. The van der Waals surface area contributed by atoms with Gasteiger partial charge >= 0.3 is 29.6 Å². The standard InChI is InChI=1S/C12H24O2.Na/c1-2-3-4-5-6-7-8-9-10-11-12(13)14;/h2-11H2,1H3,(H,13,14);/q;+1/p-1. The SMILES string of the molecule is CCCCCCCCCCCC(=O)[O-].[Na+]. The summed E-state index contributed by atoms with van der Waals surface area (Å²) < 4.78 is 0. The maximum Gasteiger partial charge on any atom is 1.00 e. The zero-order chi connectivity index (χ0) is 10.6. The van der Waals surface area contributed by atoms with Crippen molar-refractivity contribution in [1.29, 1.82) is 0 Å². The summed E-state index contributed by atoms with van der Waals surface area (Å²) >= 11 is 0. The first kappa shape index (κ1) is 17.9. The summed E-state index contributed by atoms with van der Waals surface area (Å²) in [5.74, 6) is -0.909. The van der Waals surface area contributed by atoms with Crippen LogP contribution in [0.4, 0.5) is 0 Å². The fourth-order valence-electron chi connectivity index (χ4n) is 1.58. The van der Waals surface area contributed by atoms with Gasteiger partial charge in [0.2, 0.25) is 0 Å². The van der Waals surface area contributed by atoms with Gasteiger partial charge in [0, 0.05) is 5.97 Å². The summed E-state index contributed by atoms with van der Waals surface area (Å²) in [6.45, 7) is 2.22. The molecule has 0 spiro atoms. The quantitative estimate of drug-likeness (QED) is 0.375. The Balaban J connectivity index is 0. The molecule has 2 nitrogen and oxygen atoms in total. The average molecular weight is 222 g/mol. The number of hydrogen-bond donors (Lipinski definition) is 0. The van der Waals surface area contributed by atoms with Crippen molar-refractivity contribution >= 4 is 5.97 Å². The smallest absolute Gasteiger partial charge is 0.550 e. The van der Waals surface area contributed by atoms with Crippen molar-refractivity contribution in [2.24, 2.45) is 0 Å². The third-order valence-corrected chi connectivity index (χ3v) is 2.48. The van der Waals surface area contributed by atoms with Gasteiger partial charge in [-0.3, -0.25) is 0 Å². The normalized spacial score (nSPS) is 9.67. The molecule has 0 rings (SSSR count). The minimum absolute atomic E-state index is 0. The molecule has 15 heavy (non-hydrogen) atoms. The first-order valence-corrected chi connectivity index (χ1v) is 5.97. The molecule has 0 radical (unpaired) electrons. The first-order chi connectivity index (χ1) is 6.77. The number of carboxylic acid groups (broad SMARTS) is 1. The van der Waals surface area contributed by atoms with Crippen LogP contribution in [0.25, 0.3) is 0 Å². The Morgan fingerprint density at radius 2 is 1.27 bits per heavy atom. The minimum atomic E-state index is -0.909. The van der Waals surface area contributed by atoms with Crippen molar-refractivity contribution in [3.05, 3.63) is 0 Å². The predicted octanol–water partition coefficient (Wildman–Crippen LogP) is -0.339. The van der Waals surface area contributed by atoms with Crippen LogP contribution < -0.4 is 34.7 Å². The van der Waals surface area contributed by atoms with Gasteiger partial charge in [-0.25, -0.2) is 0 Å².